The molecule has 12 heavy (non-hydrogen) atoms. The molecule has 0 unspecified atom stereocenters. The number of nitrogens with zero attached hydrogens (tertiary/aromatic N) is 2. The summed E-state index contributed by atoms with van der Waals surface area (Å²) < 4.78 is 5.04. The maximum absolute atomic E-state index is 10.6. The number of rotatable bonds is 3. The summed E-state index contributed by atoms with van der Waals surface area (Å²) in [5, 5.41) is 0. The van der Waals surface area contributed by atoms with E-state index >= 15 is 0 Å². The molecule has 5 nitrogen and oxygen atoms in total. The molecule has 0 saturated heterocycles. The first-order chi connectivity index (χ1) is 5.74. The Labute approximate surface area is 69.6 Å². The van der Waals surface area contributed by atoms with Crippen molar-refractivity contribution in [3.05, 3.63) is 18.1 Å². The molecule has 1 heterocycles. The Balaban J connectivity index is 2.88. The highest BCUT2D eigenvalue weighted by atomic mass is 16.5. The number of carbonyl (C=O) groups is 1. The maximum Gasteiger partial charge on any atom is 0.267 e. The van der Waals surface area contributed by atoms with Gasteiger partial charge in [0.05, 0.1) is 6.61 Å². The molecule has 1 amide bonds. The van der Waals surface area contributed by atoms with E-state index in [1.165, 1.54) is 12.4 Å². The molecule has 0 aliphatic carbocycles. The largest absolute Gasteiger partial charge is 0.478 e. The highest BCUT2D eigenvalue weighted by molar-refractivity contribution is 5.90. The van der Waals surface area contributed by atoms with Crippen LogP contribution in [-0.2, 0) is 0 Å². The quantitative estimate of drug-likeness (QED) is 0.685. The zero-order valence-corrected chi connectivity index (χ0v) is 6.65. The zero-order valence-electron chi connectivity index (χ0n) is 6.65. The normalized spacial score (nSPS) is 9.42. The predicted molar refractivity (Wildman–Crippen MR) is 41.7 cm³/mol. The molecule has 1 aromatic rings. The second kappa shape index (κ2) is 3.66. The van der Waals surface area contributed by atoms with Crippen molar-refractivity contribution in [3.63, 3.8) is 0 Å². The summed E-state index contributed by atoms with van der Waals surface area (Å²) in [6, 6.07) is 1.41. The molecule has 0 atom stereocenters. The fourth-order valence-electron chi connectivity index (χ4n) is 0.701. The van der Waals surface area contributed by atoms with E-state index in [0.29, 0.717) is 12.5 Å². The van der Waals surface area contributed by atoms with Crippen molar-refractivity contribution in [1.82, 2.24) is 9.97 Å². The van der Waals surface area contributed by atoms with Gasteiger partial charge < -0.3 is 10.5 Å². The minimum Gasteiger partial charge on any atom is -0.478 e. The molecule has 64 valence electrons. The van der Waals surface area contributed by atoms with Crippen LogP contribution in [-0.4, -0.2) is 22.5 Å². The number of carbonyl (C=O) groups excluding carboxylic acids is 1. The van der Waals surface area contributed by atoms with Crippen LogP contribution < -0.4 is 10.5 Å². The number of nitrogens with two attached hydrogens (primary N) is 1. The summed E-state index contributed by atoms with van der Waals surface area (Å²) in [6.07, 6.45) is 1.24. The number of primary amides is 1. The van der Waals surface area contributed by atoms with E-state index in [0.717, 1.165) is 0 Å². The first-order valence-corrected chi connectivity index (χ1v) is 3.48. The maximum atomic E-state index is 10.6. The van der Waals surface area contributed by atoms with E-state index in [1.54, 1.807) is 0 Å². The van der Waals surface area contributed by atoms with Gasteiger partial charge in [-0.2, -0.15) is 0 Å². The summed E-state index contributed by atoms with van der Waals surface area (Å²) in [5.41, 5.74) is 5.15. The number of amides is 1. The van der Waals surface area contributed by atoms with Crippen molar-refractivity contribution in [1.29, 1.82) is 0 Å². The van der Waals surface area contributed by atoms with Gasteiger partial charge in [-0.25, -0.2) is 9.97 Å². The second-order valence-electron chi connectivity index (χ2n) is 2.04. The van der Waals surface area contributed by atoms with Gasteiger partial charge in [-0.05, 0) is 6.92 Å². The Hall–Kier alpha value is -1.65. The Kier molecular flexibility index (Phi) is 2.57. The van der Waals surface area contributed by atoms with Crippen LogP contribution in [0.2, 0.25) is 0 Å². The van der Waals surface area contributed by atoms with Gasteiger partial charge in [0.25, 0.3) is 5.91 Å². The molecule has 0 aliphatic rings. The van der Waals surface area contributed by atoms with E-state index in [1.807, 2.05) is 6.92 Å². The first-order valence-electron chi connectivity index (χ1n) is 3.48. The zero-order chi connectivity index (χ0) is 8.97. The minimum absolute atomic E-state index is 0.161. The lowest BCUT2D eigenvalue weighted by Gasteiger charge is -2.00. The average molecular weight is 167 g/mol. The average Bonchev–Trinajstić information content (AvgIpc) is 2.05. The lowest BCUT2D eigenvalue weighted by molar-refractivity contribution is 0.0994. The molecule has 0 bridgehead atoms. The predicted octanol–water partition coefficient (Wildman–Crippen LogP) is -0.0258. The molecule has 1 aromatic heterocycles. The number of aromatic nitrogens is 2. The fourth-order valence-corrected chi connectivity index (χ4v) is 0.701. The molecular formula is C7H9N3O2. The van der Waals surface area contributed by atoms with E-state index in [2.05, 4.69) is 9.97 Å². The Morgan fingerprint density at radius 2 is 2.42 bits per heavy atom. The minimum atomic E-state index is -0.585. The molecule has 0 saturated carbocycles. The van der Waals surface area contributed by atoms with Gasteiger partial charge in [0, 0.05) is 6.07 Å². The highest BCUT2D eigenvalue weighted by Crippen LogP contribution is 2.05. The van der Waals surface area contributed by atoms with Gasteiger partial charge in [-0.3, -0.25) is 4.79 Å². The van der Waals surface area contributed by atoms with Crippen molar-refractivity contribution in [3.8, 4) is 5.88 Å². The van der Waals surface area contributed by atoms with Crippen LogP contribution in [0.3, 0.4) is 0 Å². The van der Waals surface area contributed by atoms with Gasteiger partial charge >= 0.3 is 0 Å². The molecule has 5 heteroatoms. The van der Waals surface area contributed by atoms with Crippen LogP contribution in [0.1, 0.15) is 17.4 Å². The summed E-state index contributed by atoms with van der Waals surface area (Å²) in [6.45, 7) is 2.32. The smallest absolute Gasteiger partial charge is 0.267 e. The van der Waals surface area contributed by atoms with E-state index in [9.17, 15) is 4.79 Å². The topological polar surface area (TPSA) is 78.1 Å². The number of hydrogen-bond donors (Lipinski definition) is 1. The molecule has 0 radical (unpaired) electrons. The Bertz CT molecular complexity index is 288. The summed E-state index contributed by atoms with van der Waals surface area (Å²) in [7, 11) is 0. The molecule has 0 fully saturated rings. The van der Waals surface area contributed by atoms with Gasteiger partial charge in [-0.15, -0.1) is 0 Å². The third-order valence-electron chi connectivity index (χ3n) is 1.19. The van der Waals surface area contributed by atoms with Gasteiger partial charge in [-0.1, -0.05) is 0 Å². The summed E-state index contributed by atoms with van der Waals surface area (Å²) in [5.74, 6) is -0.223. The van der Waals surface area contributed by atoms with Crippen molar-refractivity contribution >= 4 is 5.91 Å². The Morgan fingerprint density at radius 3 is 3.00 bits per heavy atom. The van der Waals surface area contributed by atoms with Crippen LogP contribution in [0.15, 0.2) is 12.4 Å². The van der Waals surface area contributed by atoms with Crippen molar-refractivity contribution in [2.24, 2.45) is 5.73 Å². The molecule has 0 aromatic carbocycles. The standard InChI is InChI=1S/C7H9N3O2/c1-2-12-6-3-5(7(8)11)9-4-10-6/h3-4H,2H2,1H3,(H2,8,11). The molecular weight excluding hydrogens is 158 g/mol. The summed E-state index contributed by atoms with van der Waals surface area (Å²) >= 11 is 0. The van der Waals surface area contributed by atoms with Crippen molar-refractivity contribution < 1.29 is 9.53 Å². The van der Waals surface area contributed by atoms with Crippen LogP contribution in [0, 0.1) is 0 Å². The fraction of sp³-hybridized carbons (Fsp3) is 0.286. The SMILES string of the molecule is CCOc1cc(C(N)=O)ncn1. The summed E-state index contributed by atoms with van der Waals surface area (Å²) in [4.78, 5) is 18.1. The van der Waals surface area contributed by atoms with Gasteiger partial charge in [0.1, 0.15) is 12.0 Å². The van der Waals surface area contributed by atoms with Crippen molar-refractivity contribution in [2.75, 3.05) is 6.61 Å². The molecule has 2 N–H and O–H groups in total. The Morgan fingerprint density at radius 1 is 1.67 bits per heavy atom. The van der Waals surface area contributed by atoms with Crippen LogP contribution in [0.5, 0.6) is 5.88 Å². The van der Waals surface area contributed by atoms with Gasteiger partial charge in [0.2, 0.25) is 5.88 Å². The van der Waals surface area contributed by atoms with Crippen LogP contribution >= 0.6 is 0 Å². The van der Waals surface area contributed by atoms with Crippen molar-refractivity contribution in [2.45, 2.75) is 6.92 Å². The van der Waals surface area contributed by atoms with Crippen LogP contribution in [0.4, 0.5) is 0 Å². The van der Waals surface area contributed by atoms with E-state index < -0.39 is 5.91 Å². The third kappa shape index (κ3) is 1.91. The molecule has 0 aliphatic heterocycles. The second-order valence-corrected chi connectivity index (χ2v) is 2.04. The van der Waals surface area contributed by atoms with Gasteiger partial charge in [0.15, 0.2) is 0 Å². The number of hydrogen-bond acceptors (Lipinski definition) is 4. The first kappa shape index (κ1) is 8.45. The lowest BCUT2D eigenvalue weighted by Crippen LogP contribution is -2.13. The number of ether oxygens (including phenoxy) is 1. The van der Waals surface area contributed by atoms with E-state index in [4.69, 9.17) is 10.5 Å². The van der Waals surface area contributed by atoms with Crippen LogP contribution in [0.25, 0.3) is 0 Å². The third-order valence-corrected chi connectivity index (χ3v) is 1.19. The molecule has 0 spiro atoms. The molecule has 1 rings (SSSR count). The van der Waals surface area contributed by atoms with E-state index in [-0.39, 0.29) is 5.69 Å². The monoisotopic (exact) mass is 167 g/mol. The lowest BCUT2D eigenvalue weighted by atomic mass is 10.4. The highest BCUT2D eigenvalue weighted by Gasteiger charge is 2.03.